The number of rotatable bonds is 2. The van der Waals surface area contributed by atoms with Crippen LogP contribution in [0, 0.1) is 6.92 Å². The summed E-state index contributed by atoms with van der Waals surface area (Å²) in [6.07, 6.45) is 4.50. The molecule has 22 heavy (non-hydrogen) atoms. The summed E-state index contributed by atoms with van der Waals surface area (Å²) in [7, 11) is 0. The van der Waals surface area contributed by atoms with Gasteiger partial charge in [-0.05, 0) is 38.3 Å². The Labute approximate surface area is 133 Å². The van der Waals surface area contributed by atoms with Crippen LogP contribution in [0.3, 0.4) is 0 Å². The third-order valence-electron chi connectivity index (χ3n) is 3.75. The zero-order valence-corrected chi connectivity index (χ0v) is 13.0. The van der Waals surface area contributed by atoms with Crippen molar-refractivity contribution in [3.63, 3.8) is 0 Å². The van der Waals surface area contributed by atoms with E-state index in [1.165, 1.54) is 0 Å². The molecule has 2 aromatic heterocycles. The molecule has 1 saturated heterocycles. The number of likely N-dealkylation sites (tertiary alicyclic amines) is 1. The Morgan fingerprint density at radius 3 is 3.09 bits per heavy atom. The normalized spacial score (nSPS) is 18.3. The molecule has 2 aromatic rings. The van der Waals surface area contributed by atoms with Crippen LogP contribution in [0.2, 0.25) is 5.15 Å². The van der Waals surface area contributed by atoms with Crippen LogP contribution >= 0.6 is 11.6 Å². The first-order valence-electron chi connectivity index (χ1n) is 7.26. The van der Waals surface area contributed by atoms with Crippen molar-refractivity contribution in [1.29, 1.82) is 0 Å². The van der Waals surface area contributed by atoms with Gasteiger partial charge in [0.2, 0.25) is 0 Å². The summed E-state index contributed by atoms with van der Waals surface area (Å²) in [4.78, 5) is 18.3. The highest BCUT2D eigenvalue weighted by Gasteiger charge is 2.30. The molecule has 0 aromatic carbocycles. The Morgan fingerprint density at radius 2 is 2.36 bits per heavy atom. The molecule has 116 valence electrons. The number of pyridine rings is 1. The summed E-state index contributed by atoms with van der Waals surface area (Å²) in [6.45, 7) is 2.53. The number of aryl methyl sites for hydroxylation is 1. The van der Waals surface area contributed by atoms with Gasteiger partial charge in [-0.2, -0.15) is 0 Å². The van der Waals surface area contributed by atoms with Crippen LogP contribution in [0.5, 0.6) is 0 Å². The molecule has 7 heteroatoms. The van der Waals surface area contributed by atoms with Crippen molar-refractivity contribution < 1.29 is 9.32 Å². The summed E-state index contributed by atoms with van der Waals surface area (Å²) in [5.74, 6) is 0.747. The Hall–Kier alpha value is -2.08. The van der Waals surface area contributed by atoms with E-state index in [0.717, 1.165) is 30.7 Å². The average Bonchev–Trinajstić information content (AvgIpc) is 2.96. The summed E-state index contributed by atoms with van der Waals surface area (Å²) >= 11 is 5.99. The van der Waals surface area contributed by atoms with Crippen molar-refractivity contribution in [2.45, 2.75) is 32.2 Å². The Kier molecular flexibility index (Phi) is 4.29. The molecule has 0 aliphatic carbocycles. The van der Waals surface area contributed by atoms with Crippen LogP contribution in [0.1, 0.15) is 36.8 Å². The minimum absolute atomic E-state index is 0.0679. The van der Waals surface area contributed by atoms with Crippen molar-refractivity contribution in [1.82, 2.24) is 15.0 Å². The summed E-state index contributed by atoms with van der Waals surface area (Å²) in [5.41, 5.74) is 1.31. The van der Waals surface area contributed by atoms with Crippen LogP contribution in [-0.4, -0.2) is 27.6 Å². The van der Waals surface area contributed by atoms with Gasteiger partial charge < -0.3 is 14.7 Å². The predicted molar refractivity (Wildman–Crippen MR) is 82.8 cm³/mol. The van der Waals surface area contributed by atoms with Gasteiger partial charge in [-0.15, -0.1) is 0 Å². The number of aromatic nitrogens is 2. The molecule has 6 nitrogen and oxygen atoms in total. The molecule has 0 saturated carbocycles. The van der Waals surface area contributed by atoms with Crippen LogP contribution in [0.15, 0.2) is 28.9 Å². The van der Waals surface area contributed by atoms with E-state index in [4.69, 9.17) is 16.1 Å². The number of piperidine rings is 1. The zero-order chi connectivity index (χ0) is 15.5. The molecular weight excluding hydrogens is 304 g/mol. The maximum absolute atomic E-state index is 12.6. The van der Waals surface area contributed by atoms with Crippen molar-refractivity contribution in [3.05, 3.63) is 41.0 Å². The number of anilines is 1. The third kappa shape index (κ3) is 3.06. The number of carbonyl (C=O) groups excluding carboxylic acids is 1. The van der Waals surface area contributed by atoms with Gasteiger partial charge in [0, 0.05) is 18.8 Å². The number of carbonyl (C=O) groups is 1. The number of amides is 2. The SMILES string of the molecule is Cc1cc([C@@H]2CCCCN2C(=O)Nc2cccnc2Cl)no1. The van der Waals surface area contributed by atoms with Gasteiger partial charge in [-0.25, -0.2) is 9.78 Å². The lowest BCUT2D eigenvalue weighted by atomic mass is 9.99. The molecule has 0 unspecified atom stereocenters. The highest BCUT2D eigenvalue weighted by molar-refractivity contribution is 6.32. The van der Waals surface area contributed by atoms with Gasteiger partial charge in [0.25, 0.3) is 0 Å². The first-order chi connectivity index (χ1) is 10.6. The minimum Gasteiger partial charge on any atom is -0.361 e. The summed E-state index contributed by atoms with van der Waals surface area (Å²) in [6, 6.07) is 5.08. The lowest BCUT2D eigenvalue weighted by molar-refractivity contribution is 0.159. The van der Waals surface area contributed by atoms with Crippen molar-refractivity contribution in [2.75, 3.05) is 11.9 Å². The quantitative estimate of drug-likeness (QED) is 0.854. The number of halogens is 1. The molecule has 0 spiro atoms. The van der Waals surface area contributed by atoms with E-state index in [9.17, 15) is 4.79 Å². The number of hydrogen-bond donors (Lipinski definition) is 1. The van der Waals surface area contributed by atoms with Gasteiger partial charge in [0.05, 0.1) is 11.7 Å². The molecule has 1 atom stereocenters. The molecule has 2 amide bonds. The number of nitrogens with zero attached hydrogens (tertiary/aromatic N) is 3. The minimum atomic E-state index is -0.194. The van der Waals surface area contributed by atoms with Crippen LogP contribution < -0.4 is 5.32 Å². The second kappa shape index (κ2) is 6.36. The van der Waals surface area contributed by atoms with Gasteiger partial charge in [0.15, 0.2) is 5.15 Å². The van der Waals surface area contributed by atoms with Gasteiger partial charge in [-0.3, -0.25) is 0 Å². The molecule has 0 bridgehead atoms. The maximum Gasteiger partial charge on any atom is 0.322 e. The Bertz CT molecular complexity index is 673. The van der Waals surface area contributed by atoms with Crippen LogP contribution in [0.4, 0.5) is 10.5 Å². The van der Waals surface area contributed by atoms with Gasteiger partial charge in [0.1, 0.15) is 11.5 Å². The van der Waals surface area contributed by atoms with Crippen LogP contribution in [0.25, 0.3) is 0 Å². The van der Waals surface area contributed by atoms with Crippen LogP contribution in [-0.2, 0) is 0 Å². The van der Waals surface area contributed by atoms with E-state index in [1.54, 1.807) is 23.2 Å². The Balaban J connectivity index is 1.78. The lowest BCUT2D eigenvalue weighted by Crippen LogP contribution is -2.41. The third-order valence-corrected chi connectivity index (χ3v) is 4.05. The summed E-state index contributed by atoms with van der Waals surface area (Å²) in [5, 5.41) is 7.16. The van der Waals surface area contributed by atoms with Gasteiger partial charge in [-0.1, -0.05) is 16.8 Å². The molecule has 1 aliphatic heterocycles. The molecule has 3 rings (SSSR count). The smallest absolute Gasteiger partial charge is 0.322 e. The van der Waals surface area contributed by atoms with E-state index in [1.807, 2.05) is 13.0 Å². The van der Waals surface area contributed by atoms with E-state index in [0.29, 0.717) is 12.2 Å². The molecule has 1 fully saturated rings. The van der Waals surface area contributed by atoms with Gasteiger partial charge >= 0.3 is 6.03 Å². The molecule has 3 heterocycles. The molecule has 0 radical (unpaired) electrons. The van der Waals surface area contributed by atoms with E-state index in [2.05, 4.69) is 15.5 Å². The van der Waals surface area contributed by atoms with E-state index in [-0.39, 0.29) is 17.2 Å². The number of hydrogen-bond acceptors (Lipinski definition) is 4. The fourth-order valence-electron chi connectivity index (χ4n) is 2.69. The first-order valence-corrected chi connectivity index (χ1v) is 7.64. The molecule has 1 N–H and O–H groups in total. The van der Waals surface area contributed by atoms with Crippen molar-refractivity contribution >= 4 is 23.3 Å². The molecular formula is C15H17ClN4O2. The van der Waals surface area contributed by atoms with Crippen molar-refractivity contribution in [2.24, 2.45) is 0 Å². The molecule has 1 aliphatic rings. The highest BCUT2D eigenvalue weighted by Crippen LogP contribution is 2.31. The zero-order valence-electron chi connectivity index (χ0n) is 12.3. The fraction of sp³-hybridized carbons (Fsp3) is 0.400. The first kappa shape index (κ1) is 14.8. The largest absolute Gasteiger partial charge is 0.361 e. The second-order valence-electron chi connectivity index (χ2n) is 5.34. The second-order valence-corrected chi connectivity index (χ2v) is 5.70. The Morgan fingerprint density at radius 1 is 1.50 bits per heavy atom. The fourth-order valence-corrected chi connectivity index (χ4v) is 2.86. The monoisotopic (exact) mass is 320 g/mol. The van der Waals surface area contributed by atoms with E-state index >= 15 is 0 Å². The lowest BCUT2D eigenvalue weighted by Gasteiger charge is -2.34. The standard InChI is InChI=1S/C15H17ClN4O2/c1-10-9-12(19-22-10)13-6-2-3-8-20(13)15(21)18-11-5-4-7-17-14(11)16/h4-5,7,9,13H,2-3,6,8H2,1H3,(H,18,21)/t13-/m0/s1. The number of nitrogens with one attached hydrogen (secondary N) is 1. The maximum atomic E-state index is 12.6. The topological polar surface area (TPSA) is 71.3 Å². The number of urea groups is 1. The average molecular weight is 321 g/mol. The van der Waals surface area contributed by atoms with Crippen molar-refractivity contribution in [3.8, 4) is 0 Å². The highest BCUT2D eigenvalue weighted by atomic mass is 35.5. The van der Waals surface area contributed by atoms with E-state index < -0.39 is 0 Å². The summed E-state index contributed by atoms with van der Waals surface area (Å²) < 4.78 is 5.14. The predicted octanol–water partition coefficient (Wildman–Crippen LogP) is 3.79.